The van der Waals surface area contributed by atoms with Crippen molar-refractivity contribution in [1.82, 2.24) is 0 Å². The van der Waals surface area contributed by atoms with Crippen LogP contribution in [0.5, 0.6) is 0 Å². The molecule has 0 unspecified atom stereocenters. The van der Waals surface area contributed by atoms with E-state index in [1.54, 1.807) is 0 Å². The average molecular weight is 65.9 g/mol. The van der Waals surface area contributed by atoms with E-state index in [1.807, 2.05) is 24.9 Å². The van der Waals surface area contributed by atoms with Crippen LogP contribution < -0.4 is 0 Å². The van der Waals surface area contributed by atoms with Crippen LogP contribution in [-0.2, 0) is 0 Å². The molecule has 0 radical (unpaired) electrons. The Morgan fingerprint density at radius 3 is 1.60 bits per heavy atom. The first-order chi connectivity index (χ1) is 2.00. The van der Waals surface area contributed by atoms with Gasteiger partial charge in [-0.2, -0.15) is 0 Å². The van der Waals surface area contributed by atoms with Crippen LogP contribution in [0.2, 0.25) is 0 Å². The monoisotopic (exact) mass is 66.1 g/mol. The molecule has 0 aromatic carbocycles. The van der Waals surface area contributed by atoms with E-state index < -0.39 is 0 Å². The molecular weight excluding hydrogens is 58.9 g/mol. The largest absolute Gasteiger partial charge is 0.0776 e. The van der Waals surface area contributed by atoms with Crippen LogP contribution in [0.1, 0.15) is 7.43 Å². The Labute approximate surface area is 33.4 Å². The first-order valence-corrected chi connectivity index (χ1v) is 1.33. The van der Waals surface area contributed by atoms with Crippen LogP contribution in [0, 0.1) is 0 Å². The number of hydrogen-bond donors (Lipinski definition) is 0. The molecule has 0 saturated heterocycles. The summed E-state index contributed by atoms with van der Waals surface area (Å²) in [6, 6.07) is 0. The first kappa shape index (κ1) is 4.67. The summed E-state index contributed by atoms with van der Waals surface area (Å²) < 4.78 is 0. The van der Waals surface area contributed by atoms with E-state index in [-0.39, 0.29) is 7.43 Å². The van der Waals surface area contributed by atoms with Gasteiger partial charge in [-0.25, -0.2) is 0 Å². The molecule has 1 rings (SSSR count). The smallest absolute Gasteiger partial charge is 0.0776 e. The third-order valence-corrected chi connectivity index (χ3v) is 0.444. The van der Waals surface area contributed by atoms with Crippen molar-refractivity contribution in [3.05, 3.63) is 12.1 Å². The second-order valence-electron chi connectivity index (χ2n) is 0.770. The number of hydrogen-bond acceptors (Lipinski definition) is 0. The molecule has 1 aliphatic rings. The summed E-state index contributed by atoms with van der Waals surface area (Å²) in [5.74, 6) is 4.00. The van der Waals surface area contributed by atoms with Gasteiger partial charge in [0.25, 0.3) is 0 Å². The minimum absolute atomic E-state index is 0. The van der Waals surface area contributed by atoms with Gasteiger partial charge in [0.05, 0.1) is 0 Å². The van der Waals surface area contributed by atoms with Crippen molar-refractivity contribution in [2.24, 2.45) is 0 Å². The molecule has 0 aromatic rings. The maximum Gasteiger partial charge on any atom is -0.0776 e. The summed E-state index contributed by atoms with van der Waals surface area (Å²) in [6.45, 7) is 2.00. The molecule has 1 aliphatic heterocycles. The van der Waals surface area contributed by atoms with E-state index in [0.717, 1.165) is 0 Å². The zero-order valence-electron chi connectivity index (χ0n) is 2.31. The van der Waals surface area contributed by atoms with Crippen molar-refractivity contribution in [2.45, 2.75) is 7.43 Å². The Hall–Kier alpha value is -0.325. The fourth-order valence-electron chi connectivity index (χ4n) is 0.111. The predicted octanol–water partition coefficient (Wildman–Crippen LogP) is 0.656. The van der Waals surface area contributed by atoms with Gasteiger partial charge >= 0.3 is 24.9 Å². The van der Waals surface area contributed by atoms with Crippen LogP contribution in [0.3, 0.4) is 0 Å². The van der Waals surface area contributed by atoms with Crippen molar-refractivity contribution < 1.29 is 0 Å². The van der Waals surface area contributed by atoms with Crippen molar-refractivity contribution in [3.8, 4) is 0 Å². The van der Waals surface area contributed by atoms with Gasteiger partial charge in [-0.1, -0.05) is 7.43 Å². The summed E-state index contributed by atoms with van der Waals surface area (Å²) in [5.41, 5.74) is 0. The first-order valence-electron chi connectivity index (χ1n) is 1.33. The second-order valence-corrected chi connectivity index (χ2v) is 0.770. The molecule has 0 aliphatic carbocycles. The number of allylic oxidation sites excluding steroid dienone is 1. The van der Waals surface area contributed by atoms with E-state index in [4.69, 9.17) is 0 Å². The Morgan fingerprint density at radius 1 is 1.40 bits per heavy atom. The quantitative estimate of drug-likeness (QED) is 0.364. The molecule has 0 aromatic heterocycles. The minimum Gasteiger partial charge on any atom is -0.0776 e. The normalized spacial score (nSPS) is 11.2. The van der Waals surface area contributed by atoms with Crippen molar-refractivity contribution in [1.29, 1.82) is 0 Å². The summed E-state index contributed by atoms with van der Waals surface area (Å²) in [4.78, 5) is 0. The van der Waals surface area contributed by atoms with Gasteiger partial charge in [-0.3, -0.25) is 0 Å². The van der Waals surface area contributed by atoms with E-state index in [0.29, 0.717) is 0 Å². The van der Waals surface area contributed by atoms with Gasteiger partial charge in [-0.15, -0.1) is 0 Å². The Bertz CT molecular complexity index is 44.0. The molecule has 0 spiro atoms. The third-order valence-electron chi connectivity index (χ3n) is 0.444. The van der Waals surface area contributed by atoms with Crippen molar-refractivity contribution in [2.75, 3.05) is 0 Å². The van der Waals surface area contributed by atoms with Gasteiger partial charge in [0, 0.05) is 0 Å². The van der Waals surface area contributed by atoms with Gasteiger partial charge in [0.2, 0.25) is 0 Å². The summed E-state index contributed by atoms with van der Waals surface area (Å²) in [5, 5.41) is 0. The molecule has 1 heterocycles. The van der Waals surface area contributed by atoms with E-state index in [2.05, 4.69) is 0 Å². The molecule has 0 N–H and O–H groups in total. The van der Waals surface area contributed by atoms with Crippen LogP contribution >= 0.6 is 0 Å². The van der Waals surface area contributed by atoms with Crippen molar-refractivity contribution in [3.63, 3.8) is 0 Å². The Morgan fingerprint density at radius 2 is 1.60 bits per heavy atom. The number of rotatable bonds is 0. The minimum atomic E-state index is 0. The Kier molecular flexibility index (Phi) is 1.82. The maximum atomic E-state index is 2.00. The van der Waals surface area contributed by atoms with Crippen LogP contribution in [0.15, 0.2) is 12.1 Å². The molecule has 0 amide bonds. The molecule has 5 heavy (non-hydrogen) atoms. The molecule has 0 nitrogen and oxygen atoms in total. The molecule has 0 fully saturated rings. The van der Waals surface area contributed by atoms with Crippen LogP contribution in [0.4, 0.5) is 0 Å². The molecule has 1 heteroatoms. The molecule has 26 valence electrons. The SMILES string of the molecule is B1=CC=C1.C. The standard InChI is InChI=1S/C3H3B.CH4/c1-2-4-3-1;/h1-3H;1H4. The van der Waals surface area contributed by atoms with E-state index >= 15 is 0 Å². The zero-order valence-corrected chi connectivity index (χ0v) is 2.31. The maximum absolute atomic E-state index is 2.00. The van der Waals surface area contributed by atoms with Crippen LogP contribution in [0.25, 0.3) is 0 Å². The topological polar surface area (TPSA) is 0 Å². The van der Waals surface area contributed by atoms with Gasteiger partial charge in [0.15, 0.2) is 0 Å². The molecular formula is C4H7B. The third kappa shape index (κ3) is 0.763. The molecule has 0 atom stereocenters. The van der Waals surface area contributed by atoms with Crippen LogP contribution in [-0.4, -0.2) is 12.9 Å². The fourth-order valence-corrected chi connectivity index (χ4v) is 0.111. The second kappa shape index (κ2) is 1.95. The zero-order chi connectivity index (χ0) is 2.83. The van der Waals surface area contributed by atoms with Gasteiger partial charge in [0.1, 0.15) is 0 Å². The average Bonchev–Trinajstić information content (AvgIpc) is 0.722. The van der Waals surface area contributed by atoms with Gasteiger partial charge < -0.3 is 0 Å². The summed E-state index contributed by atoms with van der Waals surface area (Å²) in [6.07, 6.45) is 2.00. The predicted molar refractivity (Wildman–Crippen MR) is 27.7 cm³/mol. The molecule has 0 saturated carbocycles. The van der Waals surface area contributed by atoms with Gasteiger partial charge in [-0.05, 0) is 0 Å². The fraction of sp³-hybridized carbons (Fsp3) is 0.250. The Balaban J connectivity index is 0.000000160. The van der Waals surface area contributed by atoms with Crippen molar-refractivity contribution >= 4 is 12.9 Å². The summed E-state index contributed by atoms with van der Waals surface area (Å²) >= 11 is 0. The van der Waals surface area contributed by atoms with E-state index in [1.165, 1.54) is 0 Å². The van der Waals surface area contributed by atoms with E-state index in [9.17, 15) is 0 Å². The summed E-state index contributed by atoms with van der Waals surface area (Å²) in [7, 11) is 0. The molecule has 0 bridgehead atoms.